The summed E-state index contributed by atoms with van der Waals surface area (Å²) in [5.41, 5.74) is 5.77. The van der Waals surface area contributed by atoms with Crippen LogP contribution in [0.4, 0.5) is 28.9 Å². The number of amides is 2. The predicted molar refractivity (Wildman–Crippen MR) is 106 cm³/mol. The Morgan fingerprint density at radius 2 is 2.10 bits per heavy atom. The first kappa shape index (κ1) is 23.4. The molecule has 3 N–H and O–H groups in total. The number of benzene rings is 1. The second kappa shape index (κ2) is 9.92. The number of hydrogen-bond donors (Lipinski definition) is 2. The second-order valence-electron chi connectivity index (χ2n) is 7.85. The van der Waals surface area contributed by atoms with Gasteiger partial charge in [-0.05, 0) is 37.0 Å². The number of carbonyl (C=O) groups is 2. The zero-order valence-electron chi connectivity index (χ0n) is 17.0. The minimum atomic E-state index is -4.48. The maximum absolute atomic E-state index is 14.6. The number of nitrogens with one attached hydrogen (secondary N) is 1. The van der Waals surface area contributed by atoms with Crippen molar-refractivity contribution in [3.63, 3.8) is 0 Å². The van der Waals surface area contributed by atoms with Crippen molar-refractivity contribution in [3.05, 3.63) is 24.0 Å². The molecule has 2 amide bonds. The van der Waals surface area contributed by atoms with Gasteiger partial charge in [-0.3, -0.25) is 14.5 Å². The fourth-order valence-corrected chi connectivity index (χ4v) is 3.76. The molecule has 1 heterocycles. The van der Waals surface area contributed by atoms with E-state index in [1.54, 1.807) is 0 Å². The summed E-state index contributed by atoms with van der Waals surface area (Å²) in [5, 5.41) is 2.45. The zero-order chi connectivity index (χ0) is 22.6. The Kier molecular flexibility index (Phi) is 7.50. The average molecular weight is 446 g/mol. The number of rotatable bonds is 8. The second-order valence-corrected chi connectivity index (χ2v) is 7.85. The average Bonchev–Trinajstić information content (AvgIpc) is 2.65. The SMILES string of the molecule is NC[C@@H](C(=O)Nc1ccc(N2CCOCC2=O)c(F)c1)N(CC1CCC1)CC(F)(F)F. The summed E-state index contributed by atoms with van der Waals surface area (Å²) < 4.78 is 58.8. The summed E-state index contributed by atoms with van der Waals surface area (Å²) in [5.74, 6) is -1.75. The summed E-state index contributed by atoms with van der Waals surface area (Å²) >= 11 is 0. The van der Waals surface area contributed by atoms with Gasteiger partial charge in [0.25, 0.3) is 5.91 Å². The van der Waals surface area contributed by atoms with E-state index in [2.05, 4.69) is 5.32 Å². The van der Waals surface area contributed by atoms with Crippen LogP contribution >= 0.6 is 0 Å². The number of halogens is 4. The highest BCUT2D eigenvalue weighted by molar-refractivity contribution is 5.97. The molecule has 1 aliphatic heterocycles. The van der Waals surface area contributed by atoms with Crippen LogP contribution in [0.25, 0.3) is 0 Å². The molecule has 31 heavy (non-hydrogen) atoms. The van der Waals surface area contributed by atoms with Crippen molar-refractivity contribution in [2.45, 2.75) is 31.5 Å². The highest BCUT2D eigenvalue weighted by Gasteiger charge is 2.38. The largest absolute Gasteiger partial charge is 0.401 e. The Hall–Kier alpha value is -2.24. The van der Waals surface area contributed by atoms with Crippen LogP contribution in [0.15, 0.2) is 18.2 Å². The van der Waals surface area contributed by atoms with Crippen molar-refractivity contribution in [2.75, 3.05) is 49.6 Å². The molecule has 7 nitrogen and oxygen atoms in total. The standard InChI is InChI=1S/C20H26F4N4O3/c21-15-8-14(4-5-16(15)28-6-7-31-11-18(28)29)26-19(30)17(9-25)27(12-20(22,23)24)10-13-2-1-3-13/h4-5,8,13,17H,1-3,6-7,9-12,25H2,(H,26,30)/t17-/m0/s1. The molecule has 0 spiro atoms. The van der Waals surface area contributed by atoms with Gasteiger partial charge in [0.1, 0.15) is 18.5 Å². The normalized spacial score (nSPS) is 18.8. The Bertz CT molecular complexity index is 801. The molecule has 0 unspecified atom stereocenters. The molecule has 11 heteroatoms. The van der Waals surface area contributed by atoms with Crippen molar-refractivity contribution < 1.29 is 31.9 Å². The first-order valence-electron chi connectivity index (χ1n) is 10.2. The number of carbonyl (C=O) groups excluding carboxylic acids is 2. The number of alkyl halides is 3. The van der Waals surface area contributed by atoms with E-state index in [1.165, 1.54) is 17.0 Å². The van der Waals surface area contributed by atoms with Crippen molar-refractivity contribution in [1.29, 1.82) is 0 Å². The fourth-order valence-electron chi connectivity index (χ4n) is 3.76. The van der Waals surface area contributed by atoms with Crippen LogP contribution in [0.1, 0.15) is 19.3 Å². The number of anilines is 2. The Labute approximate surface area is 177 Å². The Morgan fingerprint density at radius 1 is 1.35 bits per heavy atom. The molecule has 1 saturated heterocycles. The molecule has 0 aromatic heterocycles. The van der Waals surface area contributed by atoms with E-state index in [1.807, 2.05) is 0 Å². The molecule has 1 aliphatic carbocycles. The van der Waals surface area contributed by atoms with E-state index in [9.17, 15) is 27.2 Å². The van der Waals surface area contributed by atoms with Gasteiger partial charge >= 0.3 is 6.18 Å². The monoisotopic (exact) mass is 446 g/mol. The van der Waals surface area contributed by atoms with Crippen LogP contribution < -0.4 is 16.0 Å². The van der Waals surface area contributed by atoms with Gasteiger partial charge in [0, 0.05) is 25.3 Å². The van der Waals surface area contributed by atoms with Gasteiger partial charge in [-0.25, -0.2) is 4.39 Å². The van der Waals surface area contributed by atoms with Gasteiger partial charge in [-0.15, -0.1) is 0 Å². The van der Waals surface area contributed by atoms with E-state index in [0.29, 0.717) is 0 Å². The summed E-state index contributed by atoms with van der Waals surface area (Å²) in [4.78, 5) is 26.9. The molecule has 1 saturated carbocycles. The van der Waals surface area contributed by atoms with E-state index >= 15 is 0 Å². The lowest BCUT2D eigenvalue weighted by Crippen LogP contribution is -2.53. The van der Waals surface area contributed by atoms with E-state index in [0.717, 1.165) is 30.2 Å². The molecule has 0 radical (unpaired) electrons. The van der Waals surface area contributed by atoms with Crippen LogP contribution in [0.2, 0.25) is 0 Å². The van der Waals surface area contributed by atoms with Crippen molar-refractivity contribution in [1.82, 2.24) is 4.90 Å². The minimum absolute atomic E-state index is 0.0466. The van der Waals surface area contributed by atoms with Gasteiger partial charge < -0.3 is 20.7 Å². The van der Waals surface area contributed by atoms with Crippen LogP contribution in [-0.2, 0) is 14.3 Å². The van der Waals surface area contributed by atoms with E-state index in [4.69, 9.17) is 10.5 Å². The topological polar surface area (TPSA) is 87.9 Å². The summed E-state index contributed by atoms with van der Waals surface area (Å²) in [6.07, 6.45) is -1.88. The molecular weight excluding hydrogens is 420 g/mol. The molecule has 1 aromatic carbocycles. The smallest absolute Gasteiger partial charge is 0.370 e. The number of hydrogen-bond acceptors (Lipinski definition) is 5. The van der Waals surface area contributed by atoms with Crippen LogP contribution in [0.5, 0.6) is 0 Å². The lowest BCUT2D eigenvalue weighted by atomic mass is 9.85. The van der Waals surface area contributed by atoms with Crippen molar-refractivity contribution >= 4 is 23.2 Å². The van der Waals surface area contributed by atoms with Crippen LogP contribution in [-0.4, -0.2) is 68.3 Å². The van der Waals surface area contributed by atoms with Gasteiger partial charge in [0.2, 0.25) is 5.91 Å². The maximum Gasteiger partial charge on any atom is 0.401 e. The van der Waals surface area contributed by atoms with Gasteiger partial charge in [-0.1, -0.05) is 6.42 Å². The zero-order valence-corrected chi connectivity index (χ0v) is 17.0. The third kappa shape index (κ3) is 6.14. The molecular formula is C20H26F4N4O3. The quantitative estimate of drug-likeness (QED) is 0.598. The number of ether oxygens (including phenoxy) is 1. The molecule has 0 bridgehead atoms. The molecule has 172 valence electrons. The highest BCUT2D eigenvalue weighted by Crippen LogP contribution is 2.30. The summed E-state index contributed by atoms with van der Waals surface area (Å²) in [6, 6.07) is 2.56. The van der Waals surface area contributed by atoms with Gasteiger partial charge in [0.15, 0.2) is 0 Å². The Balaban J connectivity index is 1.71. The molecule has 1 aromatic rings. The molecule has 2 fully saturated rings. The lowest BCUT2D eigenvalue weighted by Gasteiger charge is -2.36. The van der Waals surface area contributed by atoms with Gasteiger partial charge in [-0.2, -0.15) is 13.2 Å². The first-order chi connectivity index (χ1) is 14.7. The molecule has 1 atom stereocenters. The maximum atomic E-state index is 14.6. The fraction of sp³-hybridized carbons (Fsp3) is 0.600. The summed E-state index contributed by atoms with van der Waals surface area (Å²) in [7, 11) is 0. The molecule has 3 rings (SSSR count). The van der Waals surface area contributed by atoms with Gasteiger partial charge in [0.05, 0.1) is 18.8 Å². The first-order valence-corrected chi connectivity index (χ1v) is 10.2. The third-order valence-electron chi connectivity index (χ3n) is 5.56. The number of nitrogens with two attached hydrogens (primary N) is 1. The predicted octanol–water partition coefficient (Wildman–Crippen LogP) is 2.12. The van der Waals surface area contributed by atoms with Crippen LogP contribution in [0.3, 0.4) is 0 Å². The molecule has 2 aliphatic rings. The number of morpholine rings is 1. The van der Waals surface area contributed by atoms with E-state index < -0.39 is 30.5 Å². The minimum Gasteiger partial charge on any atom is -0.370 e. The number of nitrogens with zero attached hydrogens (tertiary/aromatic N) is 2. The third-order valence-corrected chi connectivity index (χ3v) is 5.56. The highest BCUT2D eigenvalue weighted by atomic mass is 19.4. The van der Waals surface area contributed by atoms with E-state index in [-0.39, 0.29) is 56.0 Å². The Morgan fingerprint density at radius 3 is 2.65 bits per heavy atom. The lowest BCUT2D eigenvalue weighted by molar-refractivity contribution is -0.155. The van der Waals surface area contributed by atoms with Crippen molar-refractivity contribution in [2.24, 2.45) is 11.7 Å². The van der Waals surface area contributed by atoms with Crippen LogP contribution in [0, 0.1) is 11.7 Å². The van der Waals surface area contributed by atoms with Crippen molar-refractivity contribution in [3.8, 4) is 0 Å². The summed E-state index contributed by atoms with van der Waals surface area (Å²) in [6.45, 7) is -1.10.